The van der Waals surface area contributed by atoms with Gasteiger partial charge in [0.1, 0.15) is 10.7 Å². The van der Waals surface area contributed by atoms with Gasteiger partial charge in [0.15, 0.2) is 0 Å². The normalized spacial score (nSPS) is 13.5. The molecule has 1 amide bonds. The zero-order valence-corrected chi connectivity index (χ0v) is 15.6. The molecule has 1 unspecified atom stereocenters. The summed E-state index contributed by atoms with van der Waals surface area (Å²) in [5, 5.41) is 11.3. The number of hydrogen-bond acceptors (Lipinski definition) is 6. The van der Waals surface area contributed by atoms with Crippen LogP contribution in [0.2, 0.25) is 10.0 Å². The molecule has 138 valence electrons. The van der Waals surface area contributed by atoms with E-state index < -0.39 is 31.1 Å². The highest BCUT2D eigenvalue weighted by Crippen LogP contribution is 2.34. The van der Waals surface area contributed by atoms with Crippen molar-refractivity contribution in [3.63, 3.8) is 0 Å². The minimum absolute atomic E-state index is 0.0528. The average Bonchev–Trinajstić information content (AvgIpc) is 2.57. The summed E-state index contributed by atoms with van der Waals surface area (Å²) in [6.45, 7) is 0. The summed E-state index contributed by atoms with van der Waals surface area (Å²) in [5.74, 6) is -1.54. The summed E-state index contributed by atoms with van der Waals surface area (Å²) < 4.78 is 27.5. The number of benzene rings is 2. The Balaban J connectivity index is 2.37. The largest absolute Gasteiger partial charge is 0.565 e. The molecule has 0 saturated carbocycles. The maximum atomic E-state index is 12.4. The summed E-state index contributed by atoms with van der Waals surface area (Å²) >= 11 is 17.1. The van der Waals surface area contributed by atoms with Crippen molar-refractivity contribution in [3.05, 3.63) is 74.3 Å². The molecule has 0 bridgehead atoms. The number of rotatable bonds is 6. The van der Waals surface area contributed by atoms with Crippen LogP contribution in [-0.4, -0.2) is 23.8 Å². The van der Waals surface area contributed by atoms with Crippen molar-refractivity contribution in [2.75, 3.05) is 0 Å². The van der Waals surface area contributed by atoms with Crippen LogP contribution in [0.1, 0.15) is 10.4 Å². The molecule has 0 spiro atoms. The van der Waals surface area contributed by atoms with Gasteiger partial charge in [0.05, 0.1) is 5.02 Å². The number of alkyl halides is 1. The van der Waals surface area contributed by atoms with E-state index in [0.717, 1.165) is 6.07 Å². The van der Waals surface area contributed by atoms with E-state index >= 15 is 0 Å². The van der Waals surface area contributed by atoms with Crippen LogP contribution in [0.25, 0.3) is 0 Å². The average molecular weight is 440 g/mol. The molecule has 0 aliphatic carbocycles. The summed E-state index contributed by atoms with van der Waals surface area (Å²) in [4.78, 5) is 21.9. The maximum Gasteiger partial charge on any atom is 0.565 e. The van der Waals surface area contributed by atoms with Crippen LogP contribution in [0.5, 0.6) is 5.75 Å². The van der Waals surface area contributed by atoms with E-state index in [1.807, 2.05) is 0 Å². The Kier molecular flexibility index (Phi) is 5.97. The molecule has 0 saturated heterocycles. The number of halogens is 3. The van der Waals surface area contributed by atoms with Gasteiger partial charge >= 0.3 is 14.5 Å². The van der Waals surface area contributed by atoms with E-state index in [4.69, 9.17) is 39.5 Å². The van der Waals surface area contributed by atoms with Gasteiger partial charge in [0.25, 0.3) is 5.91 Å². The standard InChI is InChI=1S/C14H9Cl3N2O6S/c15-10-6-7-12(11(16)8-10)25-14(17,19(21)22)26(23,24)18-13(20)9-4-2-1-3-5-9/h1-8H,(H,18,20). The molecular weight excluding hydrogens is 431 g/mol. The molecule has 8 nitrogen and oxygen atoms in total. The lowest BCUT2D eigenvalue weighted by atomic mass is 10.2. The second-order valence-corrected chi connectivity index (χ2v) is 8.08. The van der Waals surface area contributed by atoms with Gasteiger partial charge in [-0.15, -0.1) is 0 Å². The van der Waals surface area contributed by atoms with Gasteiger partial charge < -0.3 is 4.74 Å². The van der Waals surface area contributed by atoms with E-state index in [1.54, 1.807) is 6.07 Å². The molecule has 0 aromatic heterocycles. The first-order valence-electron chi connectivity index (χ1n) is 6.66. The van der Waals surface area contributed by atoms with Gasteiger partial charge in [-0.2, -0.15) is 8.42 Å². The number of nitro groups is 1. The van der Waals surface area contributed by atoms with Crippen LogP contribution in [-0.2, 0) is 10.0 Å². The molecule has 0 aliphatic rings. The Bertz CT molecular complexity index is 954. The van der Waals surface area contributed by atoms with Crippen molar-refractivity contribution in [3.8, 4) is 5.75 Å². The fraction of sp³-hybridized carbons (Fsp3) is 0.0714. The number of carbonyl (C=O) groups excluding carboxylic acids is 1. The fourth-order valence-corrected chi connectivity index (χ4v) is 3.25. The van der Waals surface area contributed by atoms with Crippen molar-refractivity contribution in [1.29, 1.82) is 0 Å². The van der Waals surface area contributed by atoms with E-state index in [-0.39, 0.29) is 15.6 Å². The van der Waals surface area contributed by atoms with Gasteiger partial charge in [-0.25, -0.2) is 4.72 Å². The smallest absolute Gasteiger partial charge is 0.401 e. The lowest BCUT2D eigenvalue weighted by Gasteiger charge is -2.20. The summed E-state index contributed by atoms with van der Waals surface area (Å²) in [6, 6.07) is 10.7. The SMILES string of the molecule is O=C(NS(=O)(=O)C(Cl)(Oc1ccc(Cl)cc1Cl)[N+](=O)[O-])c1ccccc1. The van der Waals surface area contributed by atoms with Gasteiger partial charge in [-0.05, 0) is 30.3 Å². The summed E-state index contributed by atoms with van der Waals surface area (Å²) in [6.07, 6.45) is 0. The monoisotopic (exact) mass is 438 g/mol. The Hall–Kier alpha value is -2.07. The lowest BCUT2D eigenvalue weighted by Crippen LogP contribution is -2.53. The van der Waals surface area contributed by atoms with Crippen LogP contribution in [0.4, 0.5) is 0 Å². The van der Waals surface area contributed by atoms with Gasteiger partial charge in [-0.1, -0.05) is 41.4 Å². The molecule has 0 heterocycles. The molecule has 0 aliphatic heterocycles. The molecule has 12 heteroatoms. The number of ether oxygens (including phenoxy) is 1. The summed E-state index contributed by atoms with van der Waals surface area (Å²) in [5.41, 5.74) is -0.0528. The van der Waals surface area contributed by atoms with E-state index in [9.17, 15) is 23.3 Å². The minimum atomic E-state index is -5.14. The number of carbonyl (C=O) groups is 1. The Morgan fingerprint density at radius 2 is 1.77 bits per heavy atom. The molecule has 1 N–H and O–H groups in total. The predicted octanol–water partition coefficient (Wildman–Crippen LogP) is 3.26. The molecule has 2 aromatic carbocycles. The van der Waals surface area contributed by atoms with E-state index in [2.05, 4.69) is 0 Å². The summed E-state index contributed by atoms with van der Waals surface area (Å²) in [7, 11) is -5.14. The molecular formula is C14H9Cl3N2O6S. The van der Waals surface area contributed by atoms with Crippen LogP contribution in [0.3, 0.4) is 0 Å². The highest BCUT2D eigenvalue weighted by atomic mass is 35.5. The zero-order chi connectivity index (χ0) is 19.5. The number of hydrogen-bond donors (Lipinski definition) is 1. The number of sulfonamides is 1. The minimum Gasteiger partial charge on any atom is -0.401 e. The van der Waals surface area contributed by atoms with Crippen molar-refractivity contribution in [2.24, 2.45) is 0 Å². The van der Waals surface area contributed by atoms with Gasteiger partial charge in [-0.3, -0.25) is 14.9 Å². The van der Waals surface area contributed by atoms with Crippen LogP contribution < -0.4 is 9.46 Å². The third kappa shape index (κ3) is 4.18. The highest BCUT2D eigenvalue weighted by molar-refractivity contribution is 7.92. The van der Waals surface area contributed by atoms with Crippen LogP contribution in [0.15, 0.2) is 48.5 Å². The van der Waals surface area contributed by atoms with Crippen molar-refractivity contribution >= 4 is 50.7 Å². The molecule has 2 rings (SSSR count). The van der Waals surface area contributed by atoms with Crippen LogP contribution in [0, 0.1) is 10.1 Å². The molecule has 26 heavy (non-hydrogen) atoms. The second kappa shape index (κ2) is 7.67. The Morgan fingerprint density at radius 3 is 2.31 bits per heavy atom. The topological polar surface area (TPSA) is 116 Å². The van der Waals surface area contributed by atoms with Crippen molar-refractivity contribution in [1.82, 2.24) is 4.72 Å². The Morgan fingerprint density at radius 1 is 1.15 bits per heavy atom. The second-order valence-electron chi connectivity index (χ2n) is 4.74. The quantitative estimate of drug-likeness (QED) is 0.243. The first-order chi connectivity index (χ1) is 12.1. The number of nitrogens with zero attached hydrogens (tertiary/aromatic N) is 1. The third-order valence-corrected chi connectivity index (χ3v) is 5.65. The van der Waals surface area contributed by atoms with Crippen molar-refractivity contribution in [2.45, 2.75) is 4.52 Å². The molecule has 0 fully saturated rings. The predicted molar refractivity (Wildman–Crippen MR) is 95.5 cm³/mol. The lowest BCUT2D eigenvalue weighted by molar-refractivity contribution is -0.554. The number of nitrogens with one attached hydrogen (secondary N) is 1. The Labute approximate surface area is 162 Å². The first-order valence-corrected chi connectivity index (χ1v) is 9.28. The third-order valence-electron chi connectivity index (χ3n) is 2.94. The maximum absolute atomic E-state index is 12.4. The van der Waals surface area contributed by atoms with Gasteiger partial charge in [0.2, 0.25) is 0 Å². The van der Waals surface area contributed by atoms with Crippen LogP contribution >= 0.6 is 34.8 Å². The zero-order valence-electron chi connectivity index (χ0n) is 12.6. The van der Waals surface area contributed by atoms with Crippen molar-refractivity contribution < 1.29 is 22.9 Å². The van der Waals surface area contributed by atoms with Gasteiger partial charge in [0, 0.05) is 22.2 Å². The molecule has 1 atom stereocenters. The first kappa shape index (κ1) is 20.2. The fourth-order valence-electron chi connectivity index (χ4n) is 1.72. The number of amides is 1. The van der Waals surface area contributed by atoms with E-state index in [1.165, 1.54) is 41.1 Å². The highest BCUT2D eigenvalue weighted by Gasteiger charge is 2.59. The molecule has 2 aromatic rings. The van der Waals surface area contributed by atoms with E-state index in [0.29, 0.717) is 0 Å². The molecule has 0 radical (unpaired) electrons.